The predicted octanol–water partition coefficient (Wildman–Crippen LogP) is 5.33. The van der Waals surface area contributed by atoms with Crippen molar-refractivity contribution in [3.63, 3.8) is 0 Å². The zero-order valence-corrected chi connectivity index (χ0v) is 17.3. The summed E-state index contributed by atoms with van der Waals surface area (Å²) in [5.41, 5.74) is 3.55. The molecule has 0 radical (unpaired) electrons. The molecule has 0 fully saturated rings. The van der Waals surface area contributed by atoms with Gasteiger partial charge in [-0.2, -0.15) is 0 Å². The van der Waals surface area contributed by atoms with Gasteiger partial charge in [-0.25, -0.2) is 0 Å². The van der Waals surface area contributed by atoms with Crippen LogP contribution in [0.4, 0.5) is 0 Å². The topological polar surface area (TPSA) is 38.7 Å². The fourth-order valence-corrected chi connectivity index (χ4v) is 2.70. The first-order valence-corrected chi connectivity index (χ1v) is 10.2. The van der Waals surface area contributed by atoms with Crippen molar-refractivity contribution in [3.8, 4) is 16.9 Å². The molecule has 0 heterocycles. The number of aliphatic hydroxyl groups is 1. The van der Waals surface area contributed by atoms with Gasteiger partial charge < -0.3 is 14.6 Å². The predicted molar refractivity (Wildman–Crippen MR) is 113 cm³/mol. The Labute approximate surface area is 168 Å². The normalized spacial score (nSPS) is 13.6. The molecule has 3 nitrogen and oxygen atoms in total. The van der Waals surface area contributed by atoms with Crippen LogP contribution in [0.5, 0.6) is 5.75 Å². The van der Waals surface area contributed by atoms with Crippen LogP contribution in [0, 0.1) is 5.92 Å². The maximum Gasteiger partial charge on any atom is 0.119 e. The van der Waals surface area contributed by atoms with E-state index in [4.69, 9.17) is 21.1 Å². The lowest BCUT2D eigenvalue weighted by molar-refractivity contribution is 0.00287. The van der Waals surface area contributed by atoms with Crippen molar-refractivity contribution in [2.45, 2.75) is 45.8 Å². The van der Waals surface area contributed by atoms with E-state index in [9.17, 15) is 5.11 Å². The molecule has 0 aromatic heterocycles. The third kappa shape index (κ3) is 7.92. The maximum atomic E-state index is 9.97. The van der Waals surface area contributed by atoms with Gasteiger partial charge in [0.1, 0.15) is 5.75 Å². The van der Waals surface area contributed by atoms with Gasteiger partial charge in [0.25, 0.3) is 0 Å². The van der Waals surface area contributed by atoms with Crippen LogP contribution in [-0.4, -0.2) is 36.4 Å². The van der Waals surface area contributed by atoms with Crippen LogP contribution >= 0.6 is 11.6 Å². The molecular weight excluding hydrogens is 360 g/mol. The van der Waals surface area contributed by atoms with E-state index in [2.05, 4.69) is 43.3 Å². The number of hydrogen-bond acceptors (Lipinski definition) is 3. The van der Waals surface area contributed by atoms with Crippen LogP contribution in [0.2, 0.25) is 0 Å². The van der Waals surface area contributed by atoms with E-state index in [1.165, 1.54) is 11.1 Å². The smallest absolute Gasteiger partial charge is 0.119 e. The Kier molecular flexibility index (Phi) is 9.12. The average Bonchev–Trinajstić information content (AvgIpc) is 2.69. The van der Waals surface area contributed by atoms with E-state index in [1.54, 1.807) is 0 Å². The van der Waals surface area contributed by atoms with E-state index >= 15 is 0 Å². The van der Waals surface area contributed by atoms with Gasteiger partial charge in [-0.15, -0.1) is 11.6 Å². The summed E-state index contributed by atoms with van der Waals surface area (Å²) in [7, 11) is 0. The maximum absolute atomic E-state index is 9.97. The molecule has 0 bridgehead atoms. The number of halogens is 1. The number of aliphatic hydroxyl groups excluding tert-OH is 1. The van der Waals surface area contributed by atoms with Crippen LogP contribution in [0.1, 0.15) is 32.8 Å². The molecular formula is C23H31ClO3. The van der Waals surface area contributed by atoms with Crippen molar-refractivity contribution < 1.29 is 14.6 Å². The van der Waals surface area contributed by atoms with Gasteiger partial charge >= 0.3 is 0 Å². The Balaban J connectivity index is 1.85. The number of benzene rings is 2. The summed E-state index contributed by atoms with van der Waals surface area (Å²) in [5, 5.41) is 9.97. The number of aryl methyl sites for hydroxylation is 1. The first kappa shape index (κ1) is 21.7. The fraction of sp³-hybridized carbons (Fsp3) is 0.478. The third-order valence-corrected chi connectivity index (χ3v) is 4.85. The summed E-state index contributed by atoms with van der Waals surface area (Å²) >= 11 is 5.80. The van der Waals surface area contributed by atoms with E-state index in [0.717, 1.165) is 17.7 Å². The second kappa shape index (κ2) is 11.3. The first-order valence-electron chi connectivity index (χ1n) is 9.65. The summed E-state index contributed by atoms with van der Waals surface area (Å²) in [6.07, 6.45) is 1.29. The quantitative estimate of drug-likeness (QED) is 0.527. The molecule has 2 aromatic rings. The van der Waals surface area contributed by atoms with Crippen molar-refractivity contribution in [3.05, 3.63) is 54.1 Å². The standard InChI is InChI=1S/C23H31ClO3/c1-17(2)26-16-22(25)11-6-19-4-7-20(8-5-19)21-9-12-23(13-10-21)27-15-18(3)14-24/h4-5,7-10,12-13,17-18,22,25H,6,11,14-16H2,1-3H3. The zero-order chi connectivity index (χ0) is 19.6. The molecule has 0 saturated carbocycles. The molecule has 0 aliphatic rings. The Bertz CT molecular complexity index is 652. The van der Waals surface area contributed by atoms with Crippen LogP contribution < -0.4 is 4.74 Å². The molecule has 0 aliphatic heterocycles. The molecule has 148 valence electrons. The van der Waals surface area contributed by atoms with E-state index in [1.807, 2.05) is 26.0 Å². The molecule has 0 amide bonds. The first-order chi connectivity index (χ1) is 13.0. The van der Waals surface area contributed by atoms with Crippen LogP contribution in [0.15, 0.2) is 48.5 Å². The van der Waals surface area contributed by atoms with Gasteiger partial charge in [0.15, 0.2) is 0 Å². The van der Waals surface area contributed by atoms with Crippen molar-refractivity contribution in [1.82, 2.24) is 0 Å². The van der Waals surface area contributed by atoms with Gasteiger partial charge in [0.05, 0.1) is 25.4 Å². The van der Waals surface area contributed by atoms with Gasteiger partial charge in [-0.1, -0.05) is 43.3 Å². The van der Waals surface area contributed by atoms with Crippen LogP contribution in [0.3, 0.4) is 0 Å². The van der Waals surface area contributed by atoms with Gasteiger partial charge in [0, 0.05) is 11.8 Å². The highest BCUT2D eigenvalue weighted by atomic mass is 35.5. The van der Waals surface area contributed by atoms with Crippen molar-refractivity contribution >= 4 is 11.6 Å². The molecule has 4 heteroatoms. The molecule has 1 N–H and O–H groups in total. The van der Waals surface area contributed by atoms with Crippen LogP contribution in [-0.2, 0) is 11.2 Å². The lowest BCUT2D eigenvalue weighted by atomic mass is 10.0. The Morgan fingerprint density at radius 3 is 2.04 bits per heavy atom. The SMILES string of the molecule is CC(CCl)COc1ccc(-c2ccc(CCC(O)COC(C)C)cc2)cc1. The fourth-order valence-electron chi connectivity index (χ4n) is 2.61. The van der Waals surface area contributed by atoms with Crippen LogP contribution in [0.25, 0.3) is 11.1 Å². The van der Waals surface area contributed by atoms with Gasteiger partial charge in [-0.05, 0) is 55.5 Å². The summed E-state index contributed by atoms with van der Waals surface area (Å²) in [6, 6.07) is 16.6. The Morgan fingerprint density at radius 2 is 1.48 bits per heavy atom. The lowest BCUT2D eigenvalue weighted by Crippen LogP contribution is -2.19. The van der Waals surface area contributed by atoms with E-state index < -0.39 is 6.10 Å². The minimum Gasteiger partial charge on any atom is -0.493 e. The highest BCUT2D eigenvalue weighted by Crippen LogP contribution is 2.23. The van der Waals surface area contributed by atoms with Crippen molar-refractivity contribution in [2.75, 3.05) is 19.1 Å². The Hall–Kier alpha value is -1.55. The third-order valence-electron chi connectivity index (χ3n) is 4.33. The number of ether oxygens (including phenoxy) is 2. The number of hydrogen-bond donors (Lipinski definition) is 1. The highest BCUT2D eigenvalue weighted by Gasteiger charge is 2.07. The summed E-state index contributed by atoms with van der Waals surface area (Å²) in [5.74, 6) is 1.81. The second-order valence-electron chi connectivity index (χ2n) is 7.37. The molecule has 0 spiro atoms. The van der Waals surface area contributed by atoms with E-state index in [-0.39, 0.29) is 6.10 Å². The molecule has 0 aliphatic carbocycles. The monoisotopic (exact) mass is 390 g/mol. The zero-order valence-electron chi connectivity index (χ0n) is 16.5. The Morgan fingerprint density at radius 1 is 0.889 bits per heavy atom. The average molecular weight is 391 g/mol. The van der Waals surface area contributed by atoms with Gasteiger partial charge in [-0.3, -0.25) is 0 Å². The minimum absolute atomic E-state index is 0.152. The number of alkyl halides is 1. The minimum atomic E-state index is -0.416. The molecule has 2 unspecified atom stereocenters. The molecule has 2 aromatic carbocycles. The summed E-state index contributed by atoms with van der Waals surface area (Å²) in [6.45, 7) is 7.05. The lowest BCUT2D eigenvalue weighted by Gasteiger charge is -2.13. The largest absolute Gasteiger partial charge is 0.493 e. The highest BCUT2D eigenvalue weighted by molar-refractivity contribution is 6.18. The van der Waals surface area contributed by atoms with E-state index in [0.29, 0.717) is 31.4 Å². The van der Waals surface area contributed by atoms with Crippen molar-refractivity contribution in [2.24, 2.45) is 5.92 Å². The second-order valence-corrected chi connectivity index (χ2v) is 7.67. The molecule has 2 rings (SSSR count). The molecule has 27 heavy (non-hydrogen) atoms. The molecule has 2 atom stereocenters. The van der Waals surface area contributed by atoms with Gasteiger partial charge in [0.2, 0.25) is 0 Å². The summed E-state index contributed by atoms with van der Waals surface area (Å²) < 4.78 is 11.2. The number of rotatable bonds is 11. The molecule has 0 saturated heterocycles. The van der Waals surface area contributed by atoms with Crippen molar-refractivity contribution in [1.29, 1.82) is 0 Å². The summed E-state index contributed by atoms with van der Waals surface area (Å²) in [4.78, 5) is 0.